The molecule has 2 aromatic heterocycles. The maximum absolute atomic E-state index is 11.3. The van der Waals surface area contributed by atoms with Crippen molar-refractivity contribution >= 4 is 32.9 Å². The number of hydrogen-bond acceptors (Lipinski definition) is 5. The molecule has 84 valence electrons. The SMILES string of the molecule is CS(=O)(=O)c1cccc(Sc2cccs2)n1. The predicted octanol–water partition coefficient (Wildman–Crippen LogP) is 2.70. The molecule has 0 unspecified atom stereocenters. The molecule has 0 aliphatic rings. The van der Waals surface area contributed by atoms with Crippen LogP contribution in [0.5, 0.6) is 0 Å². The summed E-state index contributed by atoms with van der Waals surface area (Å²) in [5, 5.41) is 2.79. The minimum Gasteiger partial charge on any atom is -0.230 e. The summed E-state index contributed by atoms with van der Waals surface area (Å²) < 4.78 is 23.7. The molecular formula is C10H9NO2S3. The van der Waals surface area contributed by atoms with Crippen LogP contribution in [0.15, 0.2) is 50.0 Å². The monoisotopic (exact) mass is 271 g/mol. The Morgan fingerprint density at radius 2 is 2.06 bits per heavy atom. The van der Waals surface area contributed by atoms with Crippen LogP contribution in [0.3, 0.4) is 0 Å². The van der Waals surface area contributed by atoms with E-state index < -0.39 is 9.84 Å². The van der Waals surface area contributed by atoms with E-state index in [2.05, 4.69) is 4.98 Å². The van der Waals surface area contributed by atoms with Crippen LogP contribution in [-0.4, -0.2) is 19.7 Å². The fourth-order valence-electron chi connectivity index (χ4n) is 1.08. The molecular weight excluding hydrogens is 262 g/mol. The van der Waals surface area contributed by atoms with E-state index in [1.165, 1.54) is 17.8 Å². The third kappa shape index (κ3) is 2.84. The molecule has 0 radical (unpaired) electrons. The Labute approximate surface area is 102 Å². The quantitative estimate of drug-likeness (QED) is 0.861. The van der Waals surface area contributed by atoms with Gasteiger partial charge < -0.3 is 0 Å². The molecule has 0 amide bonds. The van der Waals surface area contributed by atoms with Crippen molar-refractivity contribution in [2.45, 2.75) is 14.3 Å². The lowest BCUT2D eigenvalue weighted by molar-refractivity contribution is 0.597. The lowest BCUT2D eigenvalue weighted by atomic mass is 10.5. The second-order valence-corrected chi connectivity index (χ2v) is 7.35. The van der Waals surface area contributed by atoms with Crippen LogP contribution in [0.1, 0.15) is 0 Å². The predicted molar refractivity (Wildman–Crippen MR) is 65.8 cm³/mol. The Balaban J connectivity index is 2.30. The normalized spacial score (nSPS) is 11.6. The molecule has 0 aliphatic carbocycles. The summed E-state index contributed by atoms with van der Waals surface area (Å²) in [5.74, 6) is 0. The number of rotatable bonds is 3. The van der Waals surface area contributed by atoms with Crippen molar-refractivity contribution in [3.8, 4) is 0 Å². The molecule has 0 N–H and O–H groups in total. The molecule has 0 bridgehead atoms. The van der Waals surface area contributed by atoms with Gasteiger partial charge in [-0.25, -0.2) is 13.4 Å². The first-order valence-corrected chi connectivity index (χ1v) is 8.03. The average Bonchev–Trinajstić information content (AvgIpc) is 2.70. The summed E-state index contributed by atoms with van der Waals surface area (Å²) in [6.45, 7) is 0. The number of nitrogens with zero attached hydrogens (tertiary/aromatic N) is 1. The van der Waals surface area contributed by atoms with Crippen molar-refractivity contribution in [1.82, 2.24) is 4.98 Å². The van der Waals surface area contributed by atoms with Crippen LogP contribution in [0, 0.1) is 0 Å². The van der Waals surface area contributed by atoms with E-state index in [1.54, 1.807) is 23.5 Å². The Morgan fingerprint density at radius 3 is 2.69 bits per heavy atom. The molecule has 0 atom stereocenters. The maximum atomic E-state index is 11.3. The smallest absolute Gasteiger partial charge is 0.192 e. The number of pyridine rings is 1. The largest absolute Gasteiger partial charge is 0.230 e. The van der Waals surface area contributed by atoms with Crippen LogP contribution in [0.25, 0.3) is 0 Å². The van der Waals surface area contributed by atoms with Crippen LogP contribution >= 0.6 is 23.1 Å². The number of thiophene rings is 1. The van der Waals surface area contributed by atoms with Crippen molar-refractivity contribution in [3.05, 3.63) is 35.7 Å². The van der Waals surface area contributed by atoms with E-state index in [9.17, 15) is 8.42 Å². The first-order valence-electron chi connectivity index (χ1n) is 4.44. The number of hydrogen-bond donors (Lipinski definition) is 0. The summed E-state index contributed by atoms with van der Waals surface area (Å²) >= 11 is 3.07. The summed E-state index contributed by atoms with van der Waals surface area (Å²) in [5.41, 5.74) is 0. The summed E-state index contributed by atoms with van der Waals surface area (Å²) in [4.78, 5) is 4.10. The third-order valence-electron chi connectivity index (χ3n) is 1.78. The van der Waals surface area contributed by atoms with E-state index >= 15 is 0 Å². The zero-order valence-electron chi connectivity index (χ0n) is 8.45. The molecule has 0 saturated carbocycles. The molecule has 6 heteroatoms. The average molecular weight is 271 g/mol. The second-order valence-electron chi connectivity index (χ2n) is 3.12. The number of aromatic nitrogens is 1. The van der Waals surface area contributed by atoms with Crippen LogP contribution < -0.4 is 0 Å². The fraction of sp³-hybridized carbons (Fsp3) is 0.100. The van der Waals surface area contributed by atoms with Gasteiger partial charge >= 0.3 is 0 Å². The van der Waals surface area contributed by atoms with E-state index in [1.807, 2.05) is 17.5 Å². The van der Waals surface area contributed by atoms with Crippen LogP contribution in [0.4, 0.5) is 0 Å². The highest BCUT2D eigenvalue weighted by Crippen LogP contribution is 2.30. The first kappa shape index (κ1) is 11.6. The molecule has 0 aromatic carbocycles. The maximum Gasteiger partial charge on any atom is 0.192 e. The lowest BCUT2D eigenvalue weighted by Crippen LogP contribution is -2.00. The number of sulfone groups is 1. The van der Waals surface area contributed by atoms with Gasteiger partial charge in [0.15, 0.2) is 14.9 Å². The van der Waals surface area contributed by atoms with Gasteiger partial charge in [0.05, 0.1) is 4.21 Å². The molecule has 0 fully saturated rings. The van der Waals surface area contributed by atoms with Crippen LogP contribution in [0.2, 0.25) is 0 Å². The van der Waals surface area contributed by atoms with Gasteiger partial charge in [-0.1, -0.05) is 23.9 Å². The van der Waals surface area contributed by atoms with E-state index in [0.29, 0.717) is 5.03 Å². The highest BCUT2D eigenvalue weighted by atomic mass is 32.2. The minimum absolute atomic E-state index is 0.119. The summed E-state index contributed by atoms with van der Waals surface area (Å²) in [6, 6.07) is 8.95. The highest BCUT2D eigenvalue weighted by Gasteiger charge is 2.09. The van der Waals surface area contributed by atoms with Gasteiger partial charge in [-0.2, -0.15) is 0 Å². The molecule has 0 aliphatic heterocycles. The highest BCUT2D eigenvalue weighted by molar-refractivity contribution is 8.01. The molecule has 2 rings (SSSR count). The Hall–Kier alpha value is -0.850. The Bertz CT molecular complexity index is 576. The fourth-order valence-corrected chi connectivity index (χ4v) is 3.44. The van der Waals surface area contributed by atoms with Crippen LogP contribution in [-0.2, 0) is 9.84 Å². The van der Waals surface area contributed by atoms with E-state index in [0.717, 1.165) is 10.5 Å². The van der Waals surface area contributed by atoms with Gasteiger partial charge in [-0.15, -0.1) is 11.3 Å². The zero-order chi connectivity index (χ0) is 11.6. The Morgan fingerprint density at radius 1 is 1.25 bits per heavy atom. The molecule has 0 saturated heterocycles. The van der Waals surface area contributed by atoms with Crippen molar-refractivity contribution in [2.75, 3.05) is 6.26 Å². The van der Waals surface area contributed by atoms with Gasteiger partial charge in [-0.05, 0) is 23.6 Å². The molecule has 2 heterocycles. The zero-order valence-corrected chi connectivity index (χ0v) is 10.9. The van der Waals surface area contributed by atoms with Crippen molar-refractivity contribution in [2.24, 2.45) is 0 Å². The van der Waals surface area contributed by atoms with E-state index in [4.69, 9.17) is 0 Å². The molecule has 0 spiro atoms. The lowest BCUT2D eigenvalue weighted by Gasteiger charge is -2.00. The summed E-state index contributed by atoms with van der Waals surface area (Å²) in [7, 11) is -3.23. The van der Waals surface area contributed by atoms with Gasteiger partial charge in [-0.3, -0.25) is 0 Å². The molecule has 3 nitrogen and oxygen atoms in total. The minimum atomic E-state index is -3.23. The van der Waals surface area contributed by atoms with Crippen molar-refractivity contribution in [3.63, 3.8) is 0 Å². The van der Waals surface area contributed by atoms with Crippen molar-refractivity contribution in [1.29, 1.82) is 0 Å². The van der Waals surface area contributed by atoms with E-state index in [-0.39, 0.29) is 5.03 Å². The molecule has 2 aromatic rings. The van der Waals surface area contributed by atoms with Crippen molar-refractivity contribution < 1.29 is 8.42 Å². The first-order chi connectivity index (χ1) is 7.55. The summed E-state index contributed by atoms with van der Waals surface area (Å²) in [6.07, 6.45) is 1.16. The third-order valence-corrected chi connectivity index (χ3v) is 4.74. The van der Waals surface area contributed by atoms with Gasteiger partial charge in [0.1, 0.15) is 5.03 Å². The Kier molecular flexibility index (Phi) is 3.32. The second kappa shape index (κ2) is 4.57. The standard InChI is InChI=1S/C10H9NO2S3/c1-16(12,13)9-5-2-4-8(11-9)15-10-6-3-7-14-10/h2-7H,1H3. The van der Waals surface area contributed by atoms with Gasteiger partial charge in [0, 0.05) is 6.26 Å². The molecule has 16 heavy (non-hydrogen) atoms. The van der Waals surface area contributed by atoms with Gasteiger partial charge in [0.2, 0.25) is 0 Å². The van der Waals surface area contributed by atoms with Gasteiger partial charge in [0.25, 0.3) is 0 Å². The topological polar surface area (TPSA) is 47.0 Å².